The fourth-order valence-corrected chi connectivity index (χ4v) is 2.35. The van der Waals surface area contributed by atoms with E-state index in [1.807, 2.05) is 30.3 Å². The molecule has 0 atom stereocenters. The van der Waals surface area contributed by atoms with E-state index in [1.165, 1.54) is 0 Å². The normalized spacial score (nSPS) is 10.2. The Kier molecular flexibility index (Phi) is 4.59. The first-order chi connectivity index (χ1) is 11.6. The fourth-order valence-electron chi connectivity index (χ4n) is 2.22. The number of rotatable bonds is 4. The topological polar surface area (TPSA) is 70.7 Å². The molecule has 0 aliphatic heterocycles. The zero-order valence-electron chi connectivity index (χ0n) is 12.6. The molecule has 1 aromatic heterocycles. The summed E-state index contributed by atoms with van der Waals surface area (Å²) in [5, 5.41) is 16.6. The molecular formula is C18H13ClN4O. The molecule has 0 aliphatic carbocycles. The number of carbonyl (C=O) groups excluding carboxylic acids is 1. The molecular weight excluding hydrogens is 324 g/mol. The molecule has 5 nitrogen and oxygen atoms in total. The number of hydrogen-bond acceptors (Lipinski definition) is 3. The summed E-state index contributed by atoms with van der Waals surface area (Å²) < 4.78 is 1.73. The number of aromatic nitrogens is 2. The molecule has 0 fully saturated rings. The summed E-state index contributed by atoms with van der Waals surface area (Å²) >= 11 is 5.87. The van der Waals surface area contributed by atoms with Crippen molar-refractivity contribution in [2.75, 3.05) is 5.32 Å². The van der Waals surface area contributed by atoms with Gasteiger partial charge in [0, 0.05) is 16.8 Å². The van der Waals surface area contributed by atoms with Crippen LogP contribution in [0.4, 0.5) is 5.69 Å². The number of nitrogens with one attached hydrogen (secondary N) is 1. The van der Waals surface area contributed by atoms with Crippen molar-refractivity contribution in [3.8, 4) is 6.07 Å². The Morgan fingerprint density at radius 2 is 2.04 bits per heavy atom. The minimum Gasteiger partial charge on any atom is -0.319 e. The average Bonchev–Trinajstić information content (AvgIpc) is 3.04. The van der Waals surface area contributed by atoms with E-state index in [4.69, 9.17) is 16.9 Å². The minimum absolute atomic E-state index is 0.279. The third-order valence-electron chi connectivity index (χ3n) is 3.40. The van der Waals surface area contributed by atoms with E-state index < -0.39 is 0 Å². The Hall–Kier alpha value is -3.10. The second-order valence-electron chi connectivity index (χ2n) is 5.20. The van der Waals surface area contributed by atoms with Crippen LogP contribution in [0.2, 0.25) is 5.02 Å². The van der Waals surface area contributed by atoms with Gasteiger partial charge in [0.05, 0.1) is 30.1 Å². The van der Waals surface area contributed by atoms with Gasteiger partial charge in [-0.15, -0.1) is 0 Å². The highest BCUT2D eigenvalue weighted by Crippen LogP contribution is 2.13. The first kappa shape index (κ1) is 15.8. The highest BCUT2D eigenvalue weighted by atomic mass is 35.5. The molecule has 1 amide bonds. The molecule has 0 aliphatic rings. The van der Waals surface area contributed by atoms with Crippen LogP contribution in [0.15, 0.2) is 60.9 Å². The van der Waals surface area contributed by atoms with Gasteiger partial charge < -0.3 is 5.32 Å². The highest BCUT2D eigenvalue weighted by molar-refractivity contribution is 6.30. The Morgan fingerprint density at radius 1 is 1.25 bits per heavy atom. The Labute approximate surface area is 144 Å². The SMILES string of the molecule is N#Cc1cccc(C(=O)Nc2cnn(Cc3ccc(Cl)cc3)c2)c1. The molecule has 3 aromatic rings. The predicted octanol–water partition coefficient (Wildman–Crippen LogP) is 3.71. The van der Waals surface area contributed by atoms with Gasteiger partial charge in [-0.05, 0) is 35.9 Å². The standard InChI is InChI=1S/C18H13ClN4O/c19-16-6-4-13(5-7-16)11-23-12-17(10-21-23)22-18(24)15-3-1-2-14(8-15)9-20/h1-8,10,12H,11H2,(H,22,24). The summed E-state index contributed by atoms with van der Waals surface area (Å²) in [5.41, 5.74) is 2.53. The summed E-state index contributed by atoms with van der Waals surface area (Å²) in [7, 11) is 0. The van der Waals surface area contributed by atoms with Gasteiger partial charge in [0.2, 0.25) is 0 Å². The zero-order valence-corrected chi connectivity index (χ0v) is 13.4. The molecule has 6 heteroatoms. The second kappa shape index (κ2) is 6.99. The molecule has 24 heavy (non-hydrogen) atoms. The van der Waals surface area contributed by atoms with E-state index in [1.54, 1.807) is 41.3 Å². The number of carbonyl (C=O) groups is 1. The van der Waals surface area contributed by atoms with Crippen molar-refractivity contribution in [1.82, 2.24) is 9.78 Å². The highest BCUT2D eigenvalue weighted by Gasteiger charge is 2.08. The first-order valence-corrected chi connectivity index (χ1v) is 7.60. The van der Waals surface area contributed by atoms with E-state index in [2.05, 4.69) is 10.4 Å². The van der Waals surface area contributed by atoms with E-state index in [0.717, 1.165) is 5.56 Å². The number of nitrogens with zero attached hydrogens (tertiary/aromatic N) is 3. The maximum atomic E-state index is 12.2. The molecule has 1 heterocycles. The van der Waals surface area contributed by atoms with E-state index in [-0.39, 0.29) is 5.91 Å². The second-order valence-corrected chi connectivity index (χ2v) is 5.64. The van der Waals surface area contributed by atoms with Crippen LogP contribution in [-0.4, -0.2) is 15.7 Å². The number of halogens is 1. The summed E-state index contributed by atoms with van der Waals surface area (Å²) in [5.74, 6) is -0.279. The van der Waals surface area contributed by atoms with Crippen molar-refractivity contribution < 1.29 is 4.79 Å². The van der Waals surface area contributed by atoms with Crippen LogP contribution >= 0.6 is 11.6 Å². The Morgan fingerprint density at radius 3 is 2.79 bits per heavy atom. The molecule has 0 spiro atoms. The van der Waals surface area contributed by atoms with Crippen molar-refractivity contribution in [1.29, 1.82) is 5.26 Å². The van der Waals surface area contributed by atoms with E-state index >= 15 is 0 Å². The first-order valence-electron chi connectivity index (χ1n) is 7.22. The summed E-state index contributed by atoms with van der Waals surface area (Å²) in [6.07, 6.45) is 3.34. The van der Waals surface area contributed by atoms with Gasteiger partial charge in [0.25, 0.3) is 5.91 Å². The van der Waals surface area contributed by atoms with Gasteiger partial charge in [-0.3, -0.25) is 9.48 Å². The van der Waals surface area contributed by atoms with Gasteiger partial charge in [-0.2, -0.15) is 10.4 Å². The summed E-state index contributed by atoms with van der Waals surface area (Å²) in [4.78, 5) is 12.2. The lowest BCUT2D eigenvalue weighted by molar-refractivity contribution is 0.102. The predicted molar refractivity (Wildman–Crippen MR) is 91.9 cm³/mol. The van der Waals surface area contributed by atoms with Crippen LogP contribution in [0.1, 0.15) is 21.5 Å². The van der Waals surface area contributed by atoms with Crippen molar-refractivity contribution in [2.45, 2.75) is 6.54 Å². The van der Waals surface area contributed by atoms with Gasteiger partial charge in [-0.1, -0.05) is 29.8 Å². The minimum atomic E-state index is -0.279. The van der Waals surface area contributed by atoms with E-state index in [9.17, 15) is 4.79 Å². The number of nitriles is 1. The number of amides is 1. The lowest BCUT2D eigenvalue weighted by atomic mass is 10.1. The van der Waals surface area contributed by atoms with Gasteiger partial charge in [0.15, 0.2) is 0 Å². The quantitative estimate of drug-likeness (QED) is 0.789. The van der Waals surface area contributed by atoms with Crippen molar-refractivity contribution >= 4 is 23.2 Å². The average molecular weight is 337 g/mol. The smallest absolute Gasteiger partial charge is 0.255 e. The lowest BCUT2D eigenvalue weighted by Crippen LogP contribution is -2.11. The van der Waals surface area contributed by atoms with Crippen LogP contribution in [0.3, 0.4) is 0 Å². The molecule has 1 N–H and O–H groups in total. The largest absolute Gasteiger partial charge is 0.319 e. The zero-order chi connectivity index (χ0) is 16.9. The number of anilines is 1. The summed E-state index contributed by atoms with van der Waals surface area (Å²) in [6, 6.07) is 16.1. The van der Waals surface area contributed by atoms with Crippen LogP contribution in [0, 0.1) is 11.3 Å². The van der Waals surface area contributed by atoms with Gasteiger partial charge in [0.1, 0.15) is 0 Å². The lowest BCUT2D eigenvalue weighted by Gasteiger charge is -2.03. The molecule has 2 aromatic carbocycles. The number of hydrogen-bond donors (Lipinski definition) is 1. The fraction of sp³-hybridized carbons (Fsp3) is 0.0556. The molecule has 0 saturated heterocycles. The van der Waals surface area contributed by atoms with Crippen molar-refractivity contribution in [3.05, 3.63) is 82.6 Å². The summed E-state index contributed by atoms with van der Waals surface area (Å²) in [6.45, 7) is 0.580. The molecule has 118 valence electrons. The van der Waals surface area contributed by atoms with E-state index in [0.29, 0.717) is 28.4 Å². The third-order valence-corrected chi connectivity index (χ3v) is 3.65. The maximum absolute atomic E-state index is 12.2. The third kappa shape index (κ3) is 3.80. The van der Waals surface area contributed by atoms with Crippen LogP contribution in [-0.2, 0) is 6.54 Å². The molecule has 0 bridgehead atoms. The maximum Gasteiger partial charge on any atom is 0.255 e. The van der Waals surface area contributed by atoms with Crippen LogP contribution in [0.25, 0.3) is 0 Å². The Balaban J connectivity index is 1.68. The van der Waals surface area contributed by atoms with Crippen LogP contribution in [0.5, 0.6) is 0 Å². The van der Waals surface area contributed by atoms with Gasteiger partial charge >= 0.3 is 0 Å². The molecule has 3 rings (SSSR count). The molecule has 0 saturated carbocycles. The molecule has 0 unspecified atom stereocenters. The molecule has 0 radical (unpaired) electrons. The number of benzene rings is 2. The monoisotopic (exact) mass is 336 g/mol. The van der Waals surface area contributed by atoms with Gasteiger partial charge in [-0.25, -0.2) is 0 Å². The Bertz CT molecular complexity index is 909. The van der Waals surface area contributed by atoms with Crippen molar-refractivity contribution in [3.63, 3.8) is 0 Å². The van der Waals surface area contributed by atoms with Crippen LogP contribution < -0.4 is 5.32 Å². The van der Waals surface area contributed by atoms with Crippen molar-refractivity contribution in [2.24, 2.45) is 0 Å².